The first kappa shape index (κ1) is 14.5. The van der Waals surface area contributed by atoms with E-state index in [0.29, 0.717) is 4.75 Å². The fourth-order valence-corrected chi connectivity index (χ4v) is 3.88. The molecule has 6 heteroatoms. The van der Waals surface area contributed by atoms with Crippen LogP contribution in [-0.4, -0.2) is 38.0 Å². The summed E-state index contributed by atoms with van der Waals surface area (Å²) in [6, 6.07) is 0. The van der Waals surface area contributed by atoms with E-state index in [4.69, 9.17) is 0 Å². The van der Waals surface area contributed by atoms with Crippen molar-refractivity contribution in [3.8, 4) is 0 Å². The molecular formula is C15H23N5S. The fraction of sp³-hybridized carbons (Fsp3) is 0.600. The summed E-state index contributed by atoms with van der Waals surface area (Å²) in [5.74, 6) is 3.03. The van der Waals surface area contributed by atoms with Crippen LogP contribution in [0.25, 0.3) is 5.65 Å². The van der Waals surface area contributed by atoms with Crippen LogP contribution in [0.15, 0.2) is 18.6 Å². The average molecular weight is 305 g/mol. The molecule has 0 amide bonds. The predicted octanol–water partition coefficient (Wildman–Crippen LogP) is 3.25. The zero-order valence-corrected chi connectivity index (χ0v) is 13.5. The maximum atomic E-state index is 4.69. The van der Waals surface area contributed by atoms with Gasteiger partial charge in [-0.1, -0.05) is 6.92 Å². The van der Waals surface area contributed by atoms with Gasteiger partial charge < -0.3 is 15.0 Å². The highest BCUT2D eigenvalue weighted by Crippen LogP contribution is 2.37. The molecule has 0 radical (unpaired) electrons. The molecule has 2 N–H and O–H groups in total. The summed E-state index contributed by atoms with van der Waals surface area (Å²) in [5.41, 5.74) is 0.892. The molecule has 2 aromatic rings. The van der Waals surface area contributed by atoms with Crippen molar-refractivity contribution < 1.29 is 0 Å². The Kier molecular flexibility index (Phi) is 4.24. The van der Waals surface area contributed by atoms with Crippen LogP contribution in [0.4, 0.5) is 11.6 Å². The molecule has 1 fully saturated rings. The van der Waals surface area contributed by atoms with Gasteiger partial charge in [0.2, 0.25) is 0 Å². The number of aromatic nitrogens is 3. The molecule has 114 valence electrons. The smallest absolute Gasteiger partial charge is 0.180 e. The third kappa shape index (κ3) is 3.26. The van der Waals surface area contributed by atoms with Crippen LogP contribution >= 0.6 is 11.8 Å². The van der Waals surface area contributed by atoms with Crippen LogP contribution in [0.2, 0.25) is 0 Å². The second-order valence-electron chi connectivity index (χ2n) is 5.82. The van der Waals surface area contributed by atoms with E-state index in [9.17, 15) is 0 Å². The first-order valence-corrected chi connectivity index (χ1v) is 8.64. The summed E-state index contributed by atoms with van der Waals surface area (Å²) in [4.78, 5) is 9.10. The lowest BCUT2D eigenvalue weighted by Crippen LogP contribution is -2.27. The second kappa shape index (κ2) is 6.13. The second-order valence-corrected chi connectivity index (χ2v) is 7.50. The molecule has 2 aromatic heterocycles. The van der Waals surface area contributed by atoms with Crippen molar-refractivity contribution in [3.05, 3.63) is 18.6 Å². The van der Waals surface area contributed by atoms with E-state index in [1.165, 1.54) is 18.6 Å². The summed E-state index contributed by atoms with van der Waals surface area (Å²) >= 11 is 2.06. The van der Waals surface area contributed by atoms with Crippen molar-refractivity contribution in [2.24, 2.45) is 0 Å². The number of nitrogens with one attached hydrogen (secondary N) is 2. The molecule has 3 heterocycles. The molecule has 0 aromatic carbocycles. The molecule has 3 rings (SSSR count). The Hall–Kier alpha value is -1.43. The Labute approximate surface area is 129 Å². The summed E-state index contributed by atoms with van der Waals surface area (Å²) in [5, 5.41) is 6.87. The molecule has 0 bridgehead atoms. The molecule has 1 atom stereocenters. The van der Waals surface area contributed by atoms with Gasteiger partial charge in [-0.3, -0.25) is 0 Å². The van der Waals surface area contributed by atoms with E-state index in [-0.39, 0.29) is 0 Å². The number of hydrogen-bond acceptors (Lipinski definition) is 5. The standard InChI is InChI=1S/C15H23N5S/c1-3-6-16-12-10-20-8-7-17-14(20)13(19-12)18-11-15(2)5-4-9-21-15/h7-8,10,16H,3-6,9,11H2,1-2H3,(H,18,19). The third-order valence-corrected chi connectivity index (χ3v) is 5.40. The van der Waals surface area contributed by atoms with Crippen molar-refractivity contribution in [2.45, 2.75) is 37.9 Å². The zero-order chi connectivity index (χ0) is 14.7. The van der Waals surface area contributed by atoms with E-state index >= 15 is 0 Å². The van der Waals surface area contributed by atoms with Gasteiger partial charge >= 0.3 is 0 Å². The maximum absolute atomic E-state index is 4.69. The lowest BCUT2D eigenvalue weighted by atomic mass is 10.1. The van der Waals surface area contributed by atoms with Crippen molar-refractivity contribution >= 4 is 29.0 Å². The maximum Gasteiger partial charge on any atom is 0.180 e. The molecule has 5 nitrogen and oxygen atoms in total. The van der Waals surface area contributed by atoms with Gasteiger partial charge in [0.1, 0.15) is 5.82 Å². The Balaban J connectivity index is 1.80. The molecule has 0 aliphatic carbocycles. The highest BCUT2D eigenvalue weighted by Gasteiger charge is 2.29. The summed E-state index contributed by atoms with van der Waals surface area (Å²) < 4.78 is 2.34. The first-order valence-electron chi connectivity index (χ1n) is 7.66. The molecule has 0 saturated carbocycles. The number of fused-ring (bicyclic) bond motifs is 1. The Bertz CT molecular complexity index is 603. The average Bonchev–Trinajstić information content (AvgIpc) is 3.12. The minimum Gasteiger partial charge on any atom is -0.369 e. The minimum atomic E-state index is 0.318. The highest BCUT2D eigenvalue weighted by atomic mass is 32.2. The number of anilines is 2. The van der Waals surface area contributed by atoms with Gasteiger partial charge in [0, 0.05) is 30.2 Å². The lowest BCUT2D eigenvalue weighted by molar-refractivity contribution is 0.634. The molecule has 1 unspecified atom stereocenters. The lowest BCUT2D eigenvalue weighted by Gasteiger charge is -2.23. The summed E-state index contributed by atoms with van der Waals surface area (Å²) in [6.07, 6.45) is 9.44. The van der Waals surface area contributed by atoms with Crippen LogP contribution in [0, 0.1) is 0 Å². The van der Waals surface area contributed by atoms with Crippen LogP contribution in [0.5, 0.6) is 0 Å². The van der Waals surface area contributed by atoms with Gasteiger partial charge in [-0.05, 0) is 31.9 Å². The Morgan fingerprint density at radius 1 is 1.43 bits per heavy atom. The number of thioether (sulfide) groups is 1. The highest BCUT2D eigenvalue weighted by molar-refractivity contribution is 8.00. The van der Waals surface area contributed by atoms with Crippen molar-refractivity contribution in [2.75, 3.05) is 29.5 Å². The van der Waals surface area contributed by atoms with Gasteiger partial charge in [0.15, 0.2) is 11.5 Å². The monoisotopic (exact) mass is 305 g/mol. The summed E-state index contributed by atoms with van der Waals surface area (Å²) in [6.45, 7) is 6.35. The van der Waals surface area contributed by atoms with E-state index < -0.39 is 0 Å². The number of rotatable bonds is 6. The van der Waals surface area contributed by atoms with E-state index in [2.05, 4.69) is 46.2 Å². The molecule has 1 saturated heterocycles. The van der Waals surface area contributed by atoms with Gasteiger partial charge in [0.05, 0.1) is 6.20 Å². The van der Waals surface area contributed by atoms with Gasteiger partial charge in [-0.2, -0.15) is 11.8 Å². The van der Waals surface area contributed by atoms with Gasteiger partial charge in [-0.25, -0.2) is 9.97 Å². The summed E-state index contributed by atoms with van der Waals surface area (Å²) in [7, 11) is 0. The molecule has 1 aliphatic rings. The van der Waals surface area contributed by atoms with E-state index in [1.54, 1.807) is 0 Å². The number of hydrogen-bond donors (Lipinski definition) is 2. The first-order chi connectivity index (χ1) is 10.2. The third-order valence-electron chi connectivity index (χ3n) is 3.86. The number of nitrogens with zero attached hydrogens (tertiary/aromatic N) is 3. The van der Waals surface area contributed by atoms with E-state index in [1.807, 2.05) is 23.0 Å². The Morgan fingerprint density at radius 3 is 3.10 bits per heavy atom. The fourth-order valence-electron chi connectivity index (χ4n) is 2.64. The Morgan fingerprint density at radius 2 is 2.33 bits per heavy atom. The van der Waals surface area contributed by atoms with Crippen LogP contribution in [-0.2, 0) is 0 Å². The van der Waals surface area contributed by atoms with Crippen molar-refractivity contribution in [1.82, 2.24) is 14.4 Å². The van der Waals surface area contributed by atoms with Crippen LogP contribution in [0.3, 0.4) is 0 Å². The van der Waals surface area contributed by atoms with Crippen molar-refractivity contribution in [1.29, 1.82) is 0 Å². The topological polar surface area (TPSA) is 54.2 Å². The van der Waals surface area contributed by atoms with Crippen LogP contribution < -0.4 is 10.6 Å². The zero-order valence-electron chi connectivity index (χ0n) is 12.7. The minimum absolute atomic E-state index is 0.318. The molecule has 1 aliphatic heterocycles. The SMILES string of the molecule is CCCNc1cn2ccnc2c(NCC2(C)CCCS2)n1. The molecular weight excluding hydrogens is 282 g/mol. The van der Waals surface area contributed by atoms with Gasteiger partial charge in [-0.15, -0.1) is 0 Å². The van der Waals surface area contributed by atoms with Crippen molar-refractivity contribution in [3.63, 3.8) is 0 Å². The van der Waals surface area contributed by atoms with Crippen LogP contribution in [0.1, 0.15) is 33.1 Å². The normalized spacial score (nSPS) is 21.8. The van der Waals surface area contributed by atoms with E-state index in [0.717, 1.165) is 36.8 Å². The largest absolute Gasteiger partial charge is 0.369 e. The van der Waals surface area contributed by atoms with Gasteiger partial charge in [0.25, 0.3) is 0 Å². The quantitative estimate of drug-likeness (QED) is 0.858. The molecule has 0 spiro atoms. The predicted molar refractivity (Wildman–Crippen MR) is 90.4 cm³/mol. The molecule has 21 heavy (non-hydrogen) atoms. The number of imidazole rings is 1.